The van der Waals surface area contributed by atoms with Crippen LogP contribution in [0.15, 0.2) is 0 Å². The van der Waals surface area contributed by atoms with E-state index in [4.69, 9.17) is 23.2 Å². The molecular weight excluding hydrogens is 243 g/mol. The Morgan fingerprint density at radius 3 is 2.44 bits per heavy atom. The topological polar surface area (TPSA) is 17.8 Å². The molecule has 2 nitrogen and oxygen atoms in total. The highest BCUT2D eigenvalue weighted by Crippen LogP contribution is 2.33. The molecule has 0 N–H and O–H groups in total. The third-order valence-electron chi connectivity index (χ3n) is 3.05. The van der Waals surface area contributed by atoms with Crippen molar-refractivity contribution >= 4 is 23.2 Å². The molecule has 1 heterocycles. The molecule has 4 heteroatoms. The van der Waals surface area contributed by atoms with E-state index in [0.717, 1.165) is 35.7 Å². The van der Waals surface area contributed by atoms with E-state index in [1.807, 2.05) is 14.0 Å². The Balaban J connectivity index is 2.93. The minimum absolute atomic E-state index is 0.119. The molecule has 16 heavy (non-hydrogen) atoms. The minimum Gasteiger partial charge on any atom is -0.257 e. The van der Waals surface area contributed by atoms with Crippen LogP contribution in [-0.4, -0.2) is 15.7 Å². The number of aryl methyl sites for hydroxylation is 2. The number of alkyl halides is 1. The summed E-state index contributed by atoms with van der Waals surface area (Å²) >= 11 is 12.3. The van der Waals surface area contributed by atoms with Gasteiger partial charge in [-0.15, -0.1) is 11.6 Å². The summed E-state index contributed by atoms with van der Waals surface area (Å²) in [6, 6.07) is 0. The molecule has 0 saturated carbocycles. The van der Waals surface area contributed by atoms with E-state index in [9.17, 15) is 0 Å². The van der Waals surface area contributed by atoms with Gasteiger partial charge in [0.1, 0.15) is 5.15 Å². The highest BCUT2D eigenvalue weighted by molar-refractivity contribution is 6.30. The first-order chi connectivity index (χ1) is 7.43. The van der Waals surface area contributed by atoms with Gasteiger partial charge in [-0.3, -0.25) is 4.68 Å². The highest BCUT2D eigenvalue weighted by atomic mass is 35.5. The maximum Gasteiger partial charge on any atom is 0.130 e. The van der Waals surface area contributed by atoms with Crippen LogP contribution in [0.2, 0.25) is 5.15 Å². The van der Waals surface area contributed by atoms with Crippen LogP contribution in [-0.2, 0) is 13.5 Å². The SMILES string of the molecule is CCCC(C)(CCl)Cc1c(C)nn(C)c1Cl. The minimum atomic E-state index is 0.119. The van der Waals surface area contributed by atoms with Crippen molar-refractivity contribution in [2.24, 2.45) is 12.5 Å². The summed E-state index contributed by atoms with van der Waals surface area (Å²) in [6.45, 7) is 6.40. The summed E-state index contributed by atoms with van der Waals surface area (Å²) in [5.74, 6) is 0.658. The molecule has 0 aliphatic heterocycles. The maximum atomic E-state index is 6.23. The van der Waals surface area contributed by atoms with Crippen LogP contribution in [0.1, 0.15) is 37.9 Å². The second kappa shape index (κ2) is 5.42. The van der Waals surface area contributed by atoms with E-state index >= 15 is 0 Å². The standard InChI is InChI=1S/C12H20Cl2N2/c1-5-6-12(3,8-13)7-10-9(2)15-16(4)11(10)14/h5-8H2,1-4H3. The lowest BCUT2D eigenvalue weighted by atomic mass is 9.82. The molecule has 92 valence electrons. The maximum absolute atomic E-state index is 6.23. The van der Waals surface area contributed by atoms with E-state index in [-0.39, 0.29) is 5.41 Å². The quantitative estimate of drug-likeness (QED) is 0.735. The van der Waals surface area contributed by atoms with Crippen LogP contribution >= 0.6 is 23.2 Å². The smallest absolute Gasteiger partial charge is 0.130 e. The van der Waals surface area contributed by atoms with Gasteiger partial charge < -0.3 is 0 Å². The molecule has 1 aromatic rings. The van der Waals surface area contributed by atoms with Crippen LogP contribution in [0.4, 0.5) is 0 Å². The molecule has 0 radical (unpaired) electrons. The van der Waals surface area contributed by atoms with Crippen molar-refractivity contribution in [1.82, 2.24) is 9.78 Å². The van der Waals surface area contributed by atoms with E-state index in [1.54, 1.807) is 4.68 Å². The van der Waals surface area contributed by atoms with Crippen LogP contribution in [0.3, 0.4) is 0 Å². The van der Waals surface area contributed by atoms with Crippen molar-refractivity contribution < 1.29 is 0 Å². The fourth-order valence-corrected chi connectivity index (χ4v) is 2.58. The molecule has 0 aliphatic carbocycles. The van der Waals surface area contributed by atoms with Gasteiger partial charge in [-0.05, 0) is 25.2 Å². The zero-order valence-electron chi connectivity index (χ0n) is 10.5. The first-order valence-corrected chi connectivity index (χ1v) is 6.58. The molecule has 0 fully saturated rings. The fourth-order valence-electron chi connectivity index (χ4n) is 2.11. The first-order valence-electron chi connectivity index (χ1n) is 5.67. The molecule has 1 atom stereocenters. The Morgan fingerprint density at radius 1 is 1.44 bits per heavy atom. The number of halogens is 2. The predicted octanol–water partition coefficient (Wildman–Crippen LogP) is 3.97. The summed E-state index contributed by atoms with van der Waals surface area (Å²) in [7, 11) is 1.87. The second-order valence-corrected chi connectivity index (χ2v) is 5.47. The fraction of sp³-hybridized carbons (Fsp3) is 0.750. The van der Waals surface area contributed by atoms with Gasteiger partial charge >= 0.3 is 0 Å². The van der Waals surface area contributed by atoms with Gasteiger partial charge in [0.25, 0.3) is 0 Å². The van der Waals surface area contributed by atoms with Gasteiger partial charge in [0, 0.05) is 18.5 Å². The van der Waals surface area contributed by atoms with E-state index in [1.165, 1.54) is 0 Å². The Bertz CT molecular complexity index is 360. The average Bonchev–Trinajstić information content (AvgIpc) is 2.46. The van der Waals surface area contributed by atoms with Crippen LogP contribution in [0.5, 0.6) is 0 Å². The van der Waals surface area contributed by atoms with Gasteiger partial charge in [-0.25, -0.2) is 0 Å². The van der Waals surface area contributed by atoms with Crippen molar-refractivity contribution in [3.05, 3.63) is 16.4 Å². The Hall–Kier alpha value is -0.210. The van der Waals surface area contributed by atoms with Crippen molar-refractivity contribution in [1.29, 1.82) is 0 Å². The Kier molecular flexibility index (Phi) is 4.69. The molecule has 1 rings (SSSR count). The van der Waals surface area contributed by atoms with Gasteiger partial charge in [0.05, 0.1) is 5.69 Å². The lowest BCUT2D eigenvalue weighted by Gasteiger charge is -2.26. The molecule has 0 spiro atoms. The number of aromatic nitrogens is 2. The van der Waals surface area contributed by atoms with Crippen LogP contribution in [0, 0.1) is 12.3 Å². The zero-order valence-corrected chi connectivity index (χ0v) is 12.0. The Labute approximate surface area is 108 Å². The van der Waals surface area contributed by atoms with Crippen molar-refractivity contribution in [3.8, 4) is 0 Å². The van der Waals surface area contributed by atoms with Gasteiger partial charge in [0.2, 0.25) is 0 Å². The normalized spacial score (nSPS) is 15.1. The summed E-state index contributed by atoms with van der Waals surface area (Å²) in [5.41, 5.74) is 2.27. The van der Waals surface area contributed by atoms with Crippen LogP contribution < -0.4 is 0 Å². The number of hydrogen-bond donors (Lipinski definition) is 0. The van der Waals surface area contributed by atoms with Crippen molar-refractivity contribution in [2.45, 2.75) is 40.0 Å². The summed E-state index contributed by atoms with van der Waals surface area (Å²) < 4.78 is 1.73. The number of hydrogen-bond acceptors (Lipinski definition) is 1. The second-order valence-electron chi connectivity index (χ2n) is 4.85. The third-order valence-corrected chi connectivity index (χ3v) is 4.17. The number of rotatable bonds is 5. The predicted molar refractivity (Wildman–Crippen MR) is 70.4 cm³/mol. The molecular formula is C12H20Cl2N2. The molecule has 0 bridgehead atoms. The van der Waals surface area contributed by atoms with Gasteiger partial charge in [-0.1, -0.05) is 31.9 Å². The first kappa shape index (κ1) is 13.9. The van der Waals surface area contributed by atoms with Gasteiger partial charge in [-0.2, -0.15) is 5.10 Å². The average molecular weight is 263 g/mol. The molecule has 0 aliphatic rings. The summed E-state index contributed by atoms with van der Waals surface area (Å²) in [4.78, 5) is 0. The van der Waals surface area contributed by atoms with E-state index in [0.29, 0.717) is 5.88 Å². The monoisotopic (exact) mass is 262 g/mol. The largest absolute Gasteiger partial charge is 0.257 e. The lowest BCUT2D eigenvalue weighted by molar-refractivity contribution is 0.334. The van der Waals surface area contributed by atoms with Crippen molar-refractivity contribution in [2.75, 3.05) is 5.88 Å². The summed E-state index contributed by atoms with van der Waals surface area (Å²) in [5, 5.41) is 5.07. The van der Waals surface area contributed by atoms with Crippen LogP contribution in [0.25, 0.3) is 0 Å². The van der Waals surface area contributed by atoms with E-state index in [2.05, 4.69) is 18.9 Å². The Morgan fingerprint density at radius 2 is 2.06 bits per heavy atom. The molecule has 1 aromatic heterocycles. The molecule has 0 aromatic carbocycles. The van der Waals surface area contributed by atoms with Crippen molar-refractivity contribution in [3.63, 3.8) is 0 Å². The summed E-state index contributed by atoms with van der Waals surface area (Å²) in [6.07, 6.45) is 3.16. The molecule has 0 amide bonds. The number of nitrogens with zero attached hydrogens (tertiary/aromatic N) is 2. The highest BCUT2D eigenvalue weighted by Gasteiger charge is 2.26. The lowest BCUT2D eigenvalue weighted by Crippen LogP contribution is -2.22. The third kappa shape index (κ3) is 2.92. The van der Waals surface area contributed by atoms with E-state index < -0.39 is 0 Å². The zero-order chi connectivity index (χ0) is 12.3. The molecule has 0 saturated heterocycles. The van der Waals surface area contributed by atoms with Gasteiger partial charge in [0.15, 0.2) is 0 Å². The molecule has 1 unspecified atom stereocenters.